The van der Waals surface area contributed by atoms with Gasteiger partial charge in [0, 0.05) is 16.7 Å². The van der Waals surface area contributed by atoms with E-state index in [-0.39, 0.29) is 11.4 Å². The van der Waals surface area contributed by atoms with Gasteiger partial charge >= 0.3 is 0 Å². The third kappa shape index (κ3) is 2.70. The molecule has 0 aliphatic rings. The Morgan fingerprint density at radius 2 is 2.06 bits per heavy atom. The van der Waals surface area contributed by atoms with Crippen molar-refractivity contribution in [1.29, 1.82) is 0 Å². The van der Waals surface area contributed by atoms with Gasteiger partial charge in [0.15, 0.2) is 0 Å². The maximum atomic E-state index is 13.3. The number of hydrogen-bond donors (Lipinski definition) is 1. The van der Waals surface area contributed by atoms with E-state index >= 15 is 0 Å². The molecule has 0 fully saturated rings. The van der Waals surface area contributed by atoms with E-state index in [1.54, 1.807) is 12.1 Å². The molecule has 0 radical (unpaired) electrons. The van der Waals surface area contributed by atoms with Gasteiger partial charge in [-0.05, 0) is 40.2 Å². The average molecular weight is 313 g/mol. The third-order valence-electron chi connectivity index (χ3n) is 2.15. The molecule has 0 aliphatic carbocycles. The van der Waals surface area contributed by atoms with E-state index in [4.69, 9.17) is 0 Å². The largest absolute Gasteiger partial charge is 0.318 e. The molecule has 1 N–H and O–H groups in total. The van der Waals surface area contributed by atoms with Crippen LogP contribution in [0.25, 0.3) is 0 Å². The van der Waals surface area contributed by atoms with Crippen LogP contribution in [0.5, 0.6) is 0 Å². The van der Waals surface area contributed by atoms with Crippen LogP contribution >= 0.6 is 15.9 Å². The highest BCUT2D eigenvalue weighted by atomic mass is 79.9. The quantitative estimate of drug-likeness (QED) is 0.923. The highest BCUT2D eigenvalue weighted by molar-refractivity contribution is 9.10. The molecule has 1 amide bonds. The molecule has 1 aromatic carbocycles. The lowest BCUT2D eigenvalue weighted by Crippen LogP contribution is -2.15. The van der Waals surface area contributed by atoms with Gasteiger partial charge in [0.05, 0.1) is 5.69 Å². The molecule has 1 aromatic heterocycles. The van der Waals surface area contributed by atoms with Crippen molar-refractivity contribution in [2.45, 2.75) is 0 Å². The van der Waals surface area contributed by atoms with Gasteiger partial charge < -0.3 is 5.32 Å². The molecule has 3 nitrogen and oxygen atoms in total. The summed E-state index contributed by atoms with van der Waals surface area (Å²) in [5.74, 6) is -2.12. The van der Waals surface area contributed by atoms with Crippen LogP contribution in [0.2, 0.25) is 0 Å². The van der Waals surface area contributed by atoms with Gasteiger partial charge in [0.25, 0.3) is 5.91 Å². The Bertz CT molecular complexity index is 604. The smallest absolute Gasteiger partial charge is 0.275 e. The highest BCUT2D eigenvalue weighted by Gasteiger charge is 2.13. The molecule has 0 saturated heterocycles. The Labute approximate surface area is 110 Å². The summed E-state index contributed by atoms with van der Waals surface area (Å²) in [7, 11) is 0. The summed E-state index contributed by atoms with van der Waals surface area (Å²) >= 11 is 3.16. The van der Waals surface area contributed by atoms with Crippen molar-refractivity contribution in [2.75, 3.05) is 5.32 Å². The van der Waals surface area contributed by atoms with Gasteiger partial charge in [-0.15, -0.1) is 0 Å². The van der Waals surface area contributed by atoms with Gasteiger partial charge in [-0.2, -0.15) is 0 Å². The Morgan fingerprint density at radius 3 is 2.72 bits per heavy atom. The fraction of sp³-hybridized carbons (Fsp3) is 0. The van der Waals surface area contributed by atoms with Crippen LogP contribution in [-0.4, -0.2) is 10.9 Å². The first-order valence-corrected chi connectivity index (χ1v) is 5.74. The molecule has 0 aliphatic heterocycles. The van der Waals surface area contributed by atoms with Crippen molar-refractivity contribution in [3.63, 3.8) is 0 Å². The number of carbonyl (C=O) groups excluding carboxylic acids is 1. The maximum absolute atomic E-state index is 13.3. The van der Waals surface area contributed by atoms with Crippen molar-refractivity contribution in [3.8, 4) is 0 Å². The van der Waals surface area contributed by atoms with E-state index in [1.807, 2.05) is 0 Å². The monoisotopic (exact) mass is 312 g/mol. The summed E-state index contributed by atoms with van der Waals surface area (Å²) in [5, 5.41) is 2.32. The van der Waals surface area contributed by atoms with Crippen molar-refractivity contribution in [1.82, 2.24) is 4.98 Å². The Balaban J connectivity index is 2.24. The molecule has 0 saturated carbocycles. The first-order chi connectivity index (χ1) is 8.58. The van der Waals surface area contributed by atoms with Crippen LogP contribution in [0.1, 0.15) is 10.5 Å². The number of benzene rings is 1. The molecular formula is C12H7BrF2N2O. The van der Waals surface area contributed by atoms with Crippen LogP contribution in [-0.2, 0) is 0 Å². The minimum atomic E-state index is -0.838. The molecule has 0 unspecified atom stereocenters. The lowest BCUT2D eigenvalue weighted by Gasteiger charge is -2.06. The maximum Gasteiger partial charge on any atom is 0.275 e. The average Bonchev–Trinajstić information content (AvgIpc) is 2.33. The number of nitrogens with zero attached hydrogens (tertiary/aromatic N) is 1. The zero-order valence-electron chi connectivity index (χ0n) is 8.95. The summed E-state index contributed by atoms with van der Waals surface area (Å²) in [6, 6.07) is 6.21. The first kappa shape index (κ1) is 12.6. The number of halogens is 3. The number of anilines is 1. The first-order valence-electron chi connectivity index (χ1n) is 4.95. The number of hydrogen-bond acceptors (Lipinski definition) is 2. The lowest BCUT2D eigenvalue weighted by molar-refractivity contribution is 0.102. The molecule has 0 atom stereocenters. The molecule has 1 heterocycles. The number of nitrogens with one attached hydrogen (secondary N) is 1. The van der Waals surface area contributed by atoms with Crippen molar-refractivity contribution in [3.05, 3.63) is 58.3 Å². The van der Waals surface area contributed by atoms with Crippen molar-refractivity contribution in [2.24, 2.45) is 0 Å². The molecule has 18 heavy (non-hydrogen) atoms. The molecule has 2 aromatic rings. The van der Waals surface area contributed by atoms with Crippen LogP contribution in [0.3, 0.4) is 0 Å². The van der Waals surface area contributed by atoms with Gasteiger partial charge in [0.1, 0.15) is 17.3 Å². The Kier molecular flexibility index (Phi) is 3.66. The van der Waals surface area contributed by atoms with E-state index in [0.717, 1.165) is 12.1 Å². The fourth-order valence-corrected chi connectivity index (χ4v) is 1.76. The number of amides is 1. The SMILES string of the molecule is O=C(Nc1ccc(F)cc1F)c1ncccc1Br. The van der Waals surface area contributed by atoms with E-state index < -0.39 is 17.5 Å². The van der Waals surface area contributed by atoms with Crippen LogP contribution in [0.4, 0.5) is 14.5 Å². The van der Waals surface area contributed by atoms with Gasteiger partial charge in [-0.1, -0.05) is 0 Å². The minimum absolute atomic E-state index is 0.0982. The number of carbonyl (C=O) groups is 1. The van der Waals surface area contributed by atoms with Crippen molar-refractivity contribution >= 4 is 27.5 Å². The Morgan fingerprint density at radius 1 is 1.28 bits per heavy atom. The molecule has 0 spiro atoms. The van der Waals surface area contributed by atoms with Gasteiger partial charge in [-0.25, -0.2) is 13.8 Å². The van der Waals surface area contributed by atoms with E-state index in [9.17, 15) is 13.6 Å². The second-order valence-corrected chi connectivity index (χ2v) is 4.27. The van der Waals surface area contributed by atoms with Crippen LogP contribution in [0.15, 0.2) is 41.0 Å². The summed E-state index contributed by atoms with van der Waals surface area (Å²) in [5.41, 5.74) is 0.0279. The molecule has 6 heteroatoms. The second kappa shape index (κ2) is 5.22. The summed E-state index contributed by atoms with van der Waals surface area (Å²) in [4.78, 5) is 15.7. The Hall–Kier alpha value is -1.82. The summed E-state index contributed by atoms with van der Waals surface area (Å²) in [6.07, 6.45) is 1.45. The van der Waals surface area contributed by atoms with Crippen LogP contribution < -0.4 is 5.32 Å². The van der Waals surface area contributed by atoms with Gasteiger partial charge in [-0.3, -0.25) is 4.79 Å². The van der Waals surface area contributed by atoms with Crippen molar-refractivity contribution < 1.29 is 13.6 Å². The lowest BCUT2D eigenvalue weighted by atomic mass is 10.2. The highest BCUT2D eigenvalue weighted by Crippen LogP contribution is 2.18. The topological polar surface area (TPSA) is 42.0 Å². The second-order valence-electron chi connectivity index (χ2n) is 3.41. The standard InChI is InChI=1S/C12H7BrF2N2O/c13-8-2-1-5-16-11(8)12(18)17-10-4-3-7(14)6-9(10)15/h1-6H,(H,17,18). The molecule has 92 valence electrons. The van der Waals surface area contributed by atoms with E-state index in [2.05, 4.69) is 26.2 Å². The zero-order chi connectivity index (χ0) is 13.1. The zero-order valence-corrected chi connectivity index (χ0v) is 10.5. The van der Waals surface area contributed by atoms with Crippen LogP contribution in [0, 0.1) is 11.6 Å². The summed E-state index contributed by atoms with van der Waals surface area (Å²) in [6.45, 7) is 0. The predicted octanol–water partition coefficient (Wildman–Crippen LogP) is 3.37. The molecular weight excluding hydrogens is 306 g/mol. The normalized spacial score (nSPS) is 10.2. The van der Waals surface area contributed by atoms with E-state index in [1.165, 1.54) is 6.20 Å². The molecule has 2 rings (SSSR count). The van der Waals surface area contributed by atoms with Gasteiger partial charge in [0.2, 0.25) is 0 Å². The minimum Gasteiger partial charge on any atom is -0.318 e. The number of pyridine rings is 1. The fourth-order valence-electron chi connectivity index (χ4n) is 1.33. The third-order valence-corrected chi connectivity index (χ3v) is 2.79. The number of aromatic nitrogens is 1. The number of rotatable bonds is 2. The predicted molar refractivity (Wildman–Crippen MR) is 66.2 cm³/mol. The summed E-state index contributed by atoms with van der Waals surface area (Å²) < 4.78 is 26.5. The molecule has 0 bridgehead atoms. The van der Waals surface area contributed by atoms with E-state index in [0.29, 0.717) is 10.5 Å².